The number of anilines is 1. The number of rotatable bonds is 2. The number of benzene rings is 1. The van der Waals surface area contributed by atoms with Gasteiger partial charge in [-0.3, -0.25) is 9.69 Å². The molecule has 102 valence electrons. The highest BCUT2D eigenvalue weighted by molar-refractivity contribution is 9.10. The number of halogens is 1. The molecule has 1 heterocycles. The van der Waals surface area contributed by atoms with Gasteiger partial charge in [-0.05, 0) is 40.9 Å². The lowest BCUT2D eigenvalue weighted by Crippen LogP contribution is -2.43. The number of hydrogen-bond donors (Lipinski definition) is 1. The maximum atomic E-state index is 12.2. The molecular weight excluding hydrogens is 312 g/mol. The summed E-state index contributed by atoms with van der Waals surface area (Å²) in [6.07, 6.45) is 1.01. The number of nitrogens with one attached hydrogen (secondary N) is 1. The van der Waals surface area contributed by atoms with Crippen molar-refractivity contribution in [1.82, 2.24) is 4.90 Å². The van der Waals surface area contributed by atoms with Gasteiger partial charge < -0.3 is 10.1 Å². The monoisotopic (exact) mass is 326 g/mol. The molecule has 2 amide bonds. The van der Waals surface area contributed by atoms with E-state index in [9.17, 15) is 9.59 Å². The van der Waals surface area contributed by atoms with Gasteiger partial charge in [-0.25, -0.2) is 4.79 Å². The zero-order chi connectivity index (χ0) is 13.8. The molecule has 5 nitrogen and oxygen atoms in total. The number of para-hydroxylation sites is 1. The zero-order valence-corrected chi connectivity index (χ0v) is 12.1. The van der Waals surface area contributed by atoms with Crippen LogP contribution in [0.5, 0.6) is 0 Å². The summed E-state index contributed by atoms with van der Waals surface area (Å²) in [5, 5.41) is 2.83. The molecule has 2 rings (SSSR count). The van der Waals surface area contributed by atoms with E-state index in [2.05, 4.69) is 26.0 Å². The standard InChI is InChI=1S/C13H15BrN2O3/c1-19-13(18)16-8-4-7-11(16)12(17)15-10-6-3-2-5-9(10)14/h2-3,5-6,11H,4,7-8H2,1H3,(H,15,17). The Bertz CT molecular complexity index is 493. The molecule has 1 aromatic carbocycles. The van der Waals surface area contributed by atoms with Crippen LogP contribution in [-0.2, 0) is 9.53 Å². The minimum atomic E-state index is -0.459. The third-order valence-electron chi connectivity index (χ3n) is 3.10. The van der Waals surface area contributed by atoms with E-state index in [1.54, 1.807) is 6.07 Å². The highest BCUT2D eigenvalue weighted by Crippen LogP contribution is 2.24. The second kappa shape index (κ2) is 6.06. The smallest absolute Gasteiger partial charge is 0.410 e. The van der Waals surface area contributed by atoms with Crippen molar-refractivity contribution in [3.8, 4) is 0 Å². The van der Waals surface area contributed by atoms with E-state index in [0.29, 0.717) is 18.7 Å². The fourth-order valence-corrected chi connectivity index (χ4v) is 2.54. The van der Waals surface area contributed by atoms with E-state index in [-0.39, 0.29) is 5.91 Å². The van der Waals surface area contributed by atoms with Gasteiger partial charge in [0.25, 0.3) is 0 Å². The van der Waals surface area contributed by atoms with Crippen LogP contribution in [0.25, 0.3) is 0 Å². The number of carbonyl (C=O) groups is 2. The predicted octanol–water partition coefficient (Wildman–Crippen LogP) is 2.62. The maximum absolute atomic E-state index is 12.2. The summed E-state index contributed by atoms with van der Waals surface area (Å²) < 4.78 is 5.50. The first kappa shape index (κ1) is 13.9. The van der Waals surface area contributed by atoms with E-state index < -0.39 is 12.1 Å². The quantitative estimate of drug-likeness (QED) is 0.908. The Kier molecular flexibility index (Phi) is 4.42. The van der Waals surface area contributed by atoms with Crippen LogP contribution >= 0.6 is 15.9 Å². The van der Waals surface area contributed by atoms with Crippen LogP contribution in [0.15, 0.2) is 28.7 Å². The molecule has 0 bridgehead atoms. The van der Waals surface area contributed by atoms with Crippen molar-refractivity contribution in [1.29, 1.82) is 0 Å². The normalized spacial score (nSPS) is 18.2. The summed E-state index contributed by atoms with van der Waals surface area (Å²) in [5.74, 6) is -0.185. The second-order valence-electron chi connectivity index (χ2n) is 4.29. The van der Waals surface area contributed by atoms with Crippen LogP contribution in [0.1, 0.15) is 12.8 Å². The molecule has 0 radical (unpaired) electrons. The van der Waals surface area contributed by atoms with Gasteiger partial charge in [0, 0.05) is 11.0 Å². The minimum absolute atomic E-state index is 0.185. The Labute approximate surface area is 120 Å². The summed E-state index contributed by atoms with van der Waals surface area (Å²) in [4.78, 5) is 25.2. The minimum Gasteiger partial charge on any atom is -0.453 e. The van der Waals surface area contributed by atoms with Crippen LogP contribution in [0.3, 0.4) is 0 Å². The molecule has 1 unspecified atom stereocenters. The Morgan fingerprint density at radius 1 is 1.42 bits per heavy atom. The van der Waals surface area contributed by atoms with E-state index >= 15 is 0 Å². The van der Waals surface area contributed by atoms with Crippen molar-refractivity contribution in [3.05, 3.63) is 28.7 Å². The molecule has 1 saturated heterocycles. The van der Waals surface area contributed by atoms with Crippen molar-refractivity contribution in [3.63, 3.8) is 0 Å². The summed E-state index contributed by atoms with van der Waals surface area (Å²) in [6.45, 7) is 0.556. The van der Waals surface area contributed by atoms with Crippen molar-refractivity contribution in [2.45, 2.75) is 18.9 Å². The van der Waals surface area contributed by atoms with Gasteiger partial charge in [0.05, 0.1) is 12.8 Å². The molecular formula is C13H15BrN2O3. The van der Waals surface area contributed by atoms with Gasteiger partial charge >= 0.3 is 6.09 Å². The van der Waals surface area contributed by atoms with Gasteiger partial charge in [0.15, 0.2) is 0 Å². The number of nitrogens with zero attached hydrogens (tertiary/aromatic N) is 1. The van der Waals surface area contributed by atoms with Gasteiger partial charge in [-0.1, -0.05) is 12.1 Å². The number of hydrogen-bond acceptors (Lipinski definition) is 3. The van der Waals surface area contributed by atoms with Crippen molar-refractivity contribution in [2.75, 3.05) is 19.0 Å². The maximum Gasteiger partial charge on any atom is 0.410 e. The molecule has 19 heavy (non-hydrogen) atoms. The zero-order valence-electron chi connectivity index (χ0n) is 10.6. The summed E-state index contributed by atoms with van der Waals surface area (Å²) in [5.41, 5.74) is 0.698. The summed E-state index contributed by atoms with van der Waals surface area (Å²) in [7, 11) is 1.32. The number of ether oxygens (including phenoxy) is 1. The molecule has 0 aromatic heterocycles. The average Bonchev–Trinajstić information content (AvgIpc) is 2.90. The molecule has 0 saturated carbocycles. The van der Waals surface area contributed by atoms with Crippen LogP contribution in [0.2, 0.25) is 0 Å². The molecule has 1 aliphatic rings. The SMILES string of the molecule is COC(=O)N1CCCC1C(=O)Nc1ccccc1Br. The Balaban J connectivity index is 2.07. The first-order valence-corrected chi connectivity index (χ1v) is 6.82. The fraction of sp³-hybridized carbons (Fsp3) is 0.385. The van der Waals surface area contributed by atoms with Gasteiger partial charge in [0.2, 0.25) is 5.91 Å². The average molecular weight is 327 g/mol. The molecule has 0 spiro atoms. The van der Waals surface area contributed by atoms with Crippen LogP contribution in [0, 0.1) is 0 Å². The van der Waals surface area contributed by atoms with E-state index in [0.717, 1.165) is 10.9 Å². The van der Waals surface area contributed by atoms with Gasteiger partial charge in [-0.2, -0.15) is 0 Å². The van der Waals surface area contributed by atoms with Crippen LogP contribution < -0.4 is 5.32 Å². The molecule has 1 N–H and O–H groups in total. The highest BCUT2D eigenvalue weighted by Gasteiger charge is 2.34. The topological polar surface area (TPSA) is 58.6 Å². The van der Waals surface area contributed by atoms with Gasteiger partial charge in [-0.15, -0.1) is 0 Å². The van der Waals surface area contributed by atoms with Crippen molar-refractivity contribution in [2.24, 2.45) is 0 Å². The van der Waals surface area contributed by atoms with Crippen molar-refractivity contribution >= 4 is 33.6 Å². The largest absolute Gasteiger partial charge is 0.453 e. The summed E-state index contributed by atoms with van der Waals surface area (Å²) >= 11 is 3.37. The highest BCUT2D eigenvalue weighted by atomic mass is 79.9. The lowest BCUT2D eigenvalue weighted by atomic mass is 10.2. The molecule has 0 aliphatic carbocycles. The van der Waals surface area contributed by atoms with E-state index in [4.69, 9.17) is 0 Å². The molecule has 1 fully saturated rings. The number of methoxy groups -OCH3 is 1. The predicted molar refractivity (Wildman–Crippen MR) is 74.9 cm³/mol. The Morgan fingerprint density at radius 3 is 2.84 bits per heavy atom. The van der Waals surface area contributed by atoms with E-state index in [1.165, 1.54) is 12.0 Å². The molecule has 1 aliphatic heterocycles. The number of amides is 2. The molecule has 1 aromatic rings. The van der Waals surface area contributed by atoms with Crippen LogP contribution in [-0.4, -0.2) is 36.6 Å². The first-order valence-electron chi connectivity index (χ1n) is 6.03. The Morgan fingerprint density at radius 2 is 2.16 bits per heavy atom. The fourth-order valence-electron chi connectivity index (χ4n) is 2.15. The molecule has 1 atom stereocenters. The lowest BCUT2D eigenvalue weighted by molar-refractivity contribution is -0.119. The third kappa shape index (κ3) is 3.07. The number of likely N-dealkylation sites (tertiary alicyclic amines) is 1. The third-order valence-corrected chi connectivity index (χ3v) is 3.79. The first-order chi connectivity index (χ1) is 9.13. The summed E-state index contributed by atoms with van der Waals surface area (Å²) in [6, 6.07) is 6.91. The Hall–Kier alpha value is -1.56. The van der Waals surface area contributed by atoms with Gasteiger partial charge in [0.1, 0.15) is 6.04 Å². The molecule has 6 heteroatoms. The lowest BCUT2D eigenvalue weighted by Gasteiger charge is -2.22. The number of carbonyl (C=O) groups excluding carboxylic acids is 2. The second-order valence-corrected chi connectivity index (χ2v) is 5.14. The van der Waals surface area contributed by atoms with Crippen LogP contribution in [0.4, 0.5) is 10.5 Å². The van der Waals surface area contributed by atoms with E-state index in [1.807, 2.05) is 18.2 Å². The van der Waals surface area contributed by atoms with Crippen molar-refractivity contribution < 1.29 is 14.3 Å².